The molecule has 3 aromatic heterocycles. The first-order chi connectivity index (χ1) is 27.7. The topological polar surface area (TPSA) is 124 Å². The number of nitrogens with zero attached hydrogens (tertiary/aromatic N) is 3. The van der Waals surface area contributed by atoms with E-state index in [9.17, 15) is 16.8 Å². The van der Waals surface area contributed by atoms with E-state index in [0.717, 1.165) is 67.8 Å². The Morgan fingerprint density at radius 3 is 2.02 bits per heavy atom. The smallest absolute Gasteiger partial charge is 0.328 e. The van der Waals surface area contributed by atoms with E-state index < -0.39 is 64.4 Å². The number of pyridine rings is 1. The van der Waals surface area contributed by atoms with Crippen LogP contribution in [-0.4, -0.2) is 55.3 Å². The van der Waals surface area contributed by atoms with Crippen molar-refractivity contribution in [3.8, 4) is 11.1 Å². The molecule has 1 saturated carbocycles. The Bertz CT molecular complexity index is 2670. The molecule has 1 N–H and O–H groups in total. The average Bonchev–Trinajstić information content (AvgIpc) is 3.80. The number of hydrogen-bond acceptors (Lipinski definition) is 7. The number of nitrogens with one attached hydrogen (secondary N) is 1. The van der Waals surface area contributed by atoms with Crippen molar-refractivity contribution >= 4 is 62.2 Å². The normalized spacial score (nSPS) is 17.7. The molecule has 1 aliphatic carbocycles. The van der Waals surface area contributed by atoms with E-state index in [-0.39, 0.29) is 38.8 Å². The first-order valence-electron chi connectivity index (χ1n) is 19.3. The highest BCUT2D eigenvalue weighted by Crippen LogP contribution is 2.54. The molecule has 1 unspecified atom stereocenters. The maximum absolute atomic E-state index is 19.1. The van der Waals surface area contributed by atoms with Crippen LogP contribution in [0.1, 0.15) is 75.2 Å². The molecule has 7 rings (SSSR count). The van der Waals surface area contributed by atoms with Gasteiger partial charge in [0.05, 0.1) is 33.0 Å². The summed E-state index contributed by atoms with van der Waals surface area (Å²) in [5, 5.41) is 3.96. The second-order valence-electron chi connectivity index (χ2n) is 16.7. The number of halogens is 4. The number of fused-ring (bicyclic) bond motifs is 1. The van der Waals surface area contributed by atoms with Crippen LogP contribution < -0.4 is 0 Å². The summed E-state index contributed by atoms with van der Waals surface area (Å²) < 4.78 is 98.5. The fourth-order valence-electron chi connectivity index (χ4n) is 7.78. The van der Waals surface area contributed by atoms with Gasteiger partial charge in [0.2, 0.25) is 19.7 Å². The van der Waals surface area contributed by atoms with Crippen molar-refractivity contribution in [2.24, 2.45) is 0 Å². The second kappa shape index (κ2) is 15.8. The Kier molecular flexibility index (Phi) is 11.6. The van der Waals surface area contributed by atoms with Crippen LogP contribution >= 0.6 is 23.2 Å². The second-order valence-corrected chi connectivity index (χ2v) is 26.6. The Hall–Kier alpha value is -3.92. The van der Waals surface area contributed by atoms with Crippen molar-refractivity contribution in [1.29, 1.82) is 0 Å². The quantitative estimate of drug-likeness (QED) is 0.101. The van der Waals surface area contributed by atoms with Gasteiger partial charge in [-0.25, -0.2) is 30.6 Å². The maximum Gasteiger partial charge on any atom is 0.328 e. The van der Waals surface area contributed by atoms with Crippen LogP contribution in [0.3, 0.4) is 0 Å². The molecular weight excluding hydrogens is 854 g/mol. The first-order valence-corrected chi connectivity index (χ1v) is 25.9. The largest absolute Gasteiger partial charge is 0.414 e. The molecule has 3 heterocycles. The van der Waals surface area contributed by atoms with E-state index in [1.54, 1.807) is 18.5 Å². The van der Waals surface area contributed by atoms with E-state index in [0.29, 0.717) is 11.1 Å². The fraction of sp³-hybridized carbons (Fsp3) is 0.349. The number of H-pyrrole nitrogens is 1. The molecule has 0 aliphatic heterocycles. The summed E-state index contributed by atoms with van der Waals surface area (Å²) in [6, 6.07) is 16.6. The highest BCUT2D eigenvalue weighted by atomic mass is 35.5. The van der Waals surface area contributed by atoms with E-state index in [4.69, 9.17) is 32.7 Å². The van der Waals surface area contributed by atoms with Crippen molar-refractivity contribution in [2.75, 3.05) is 0 Å². The zero-order valence-corrected chi connectivity index (χ0v) is 37.7. The van der Waals surface area contributed by atoms with Crippen LogP contribution in [0, 0.1) is 12.7 Å². The van der Waals surface area contributed by atoms with Crippen LogP contribution in [0.2, 0.25) is 28.2 Å². The Morgan fingerprint density at radius 2 is 1.46 bits per heavy atom. The number of sulfone groups is 2. The Labute approximate surface area is 355 Å². The summed E-state index contributed by atoms with van der Waals surface area (Å²) in [5.74, 6) is -3.41. The average molecular weight is 900 g/mol. The summed E-state index contributed by atoms with van der Waals surface area (Å²) in [7, 11) is -13.0. The van der Waals surface area contributed by atoms with Gasteiger partial charge in [-0.15, -0.1) is 0 Å². The van der Waals surface area contributed by atoms with E-state index in [1.807, 2.05) is 11.6 Å². The van der Waals surface area contributed by atoms with Crippen molar-refractivity contribution in [1.82, 2.24) is 19.7 Å². The van der Waals surface area contributed by atoms with Gasteiger partial charge in [0.15, 0.2) is 8.32 Å². The minimum atomic E-state index is -5.54. The predicted molar refractivity (Wildman–Crippen MR) is 231 cm³/mol. The molecular formula is C43H46Cl2F2N4O5S2Si. The lowest BCUT2D eigenvalue weighted by Gasteiger charge is -2.41. The zero-order chi connectivity index (χ0) is 42.7. The SMILES string of the molecule is Cc1c(-c2cnc3[nH]cc(C(c4c(Cl)ccc(F)c4Cl)C(F)(S(=O)(=O)c4ccccc4)S(=O)(=O)c4ccccc4)c3c2)cnn1C1CCC(O[Si](C)(C)C(C)(C)C)CC1. The lowest BCUT2D eigenvalue weighted by Crippen LogP contribution is -2.48. The monoisotopic (exact) mass is 898 g/mol. The fourth-order valence-corrected chi connectivity index (χ4v) is 14.3. The van der Waals surface area contributed by atoms with Crippen LogP contribution in [0.5, 0.6) is 0 Å². The molecule has 1 fully saturated rings. The molecule has 9 nitrogen and oxygen atoms in total. The van der Waals surface area contributed by atoms with Gasteiger partial charge in [-0.1, -0.05) is 80.4 Å². The highest BCUT2D eigenvalue weighted by molar-refractivity contribution is 8.10. The van der Waals surface area contributed by atoms with Crippen LogP contribution in [-0.2, 0) is 24.1 Å². The third kappa shape index (κ3) is 7.47. The maximum atomic E-state index is 19.1. The Balaban J connectivity index is 1.38. The summed E-state index contributed by atoms with van der Waals surface area (Å²) in [5.41, 5.74) is 1.54. The van der Waals surface area contributed by atoms with Crippen molar-refractivity contribution in [3.05, 3.63) is 130 Å². The standard InChI is InChI=1S/C43H46Cl2F2N4O5S2Si/c1-27-34(26-50-51(27)29-17-19-30(20-18-29)56-59(5,6)42(2,3)4)28-23-33-35(25-49-41(33)48-24-28)39(38-36(44)21-22-37(46)40(38)45)43(47,57(52,53)31-13-9-7-10-14-31)58(54,55)32-15-11-8-12-16-32/h7-16,21-26,29-30,39H,17-20H2,1-6H3,(H,48,49). The van der Waals surface area contributed by atoms with E-state index in [1.165, 1.54) is 42.6 Å². The molecule has 312 valence electrons. The number of aromatic nitrogens is 4. The first kappa shape index (κ1) is 43.2. The lowest BCUT2D eigenvalue weighted by atomic mass is 9.91. The van der Waals surface area contributed by atoms with Gasteiger partial charge in [-0.05, 0) is 98.8 Å². The summed E-state index contributed by atoms with van der Waals surface area (Å²) >= 11 is 13.3. The number of aromatic amines is 1. The number of alkyl halides is 1. The molecule has 6 aromatic rings. The number of benzene rings is 3. The molecule has 1 atom stereocenters. The predicted octanol–water partition coefficient (Wildman–Crippen LogP) is 11.4. The van der Waals surface area contributed by atoms with Gasteiger partial charge in [-0.3, -0.25) is 4.68 Å². The summed E-state index contributed by atoms with van der Waals surface area (Å²) in [6.45, 7) is 13.2. The third-order valence-electron chi connectivity index (χ3n) is 12.0. The van der Waals surface area contributed by atoms with Crippen molar-refractivity contribution in [2.45, 2.75) is 104 Å². The van der Waals surface area contributed by atoms with Gasteiger partial charge in [0.1, 0.15) is 11.5 Å². The van der Waals surface area contributed by atoms with Crippen molar-refractivity contribution < 1.29 is 30.0 Å². The van der Waals surface area contributed by atoms with Gasteiger partial charge in [0, 0.05) is 51.3 Å². The van der Waals surface area contributed by atoms with Crippen molar-refractivity contribution in [3.63, 3.8) is 0 Å². The van der Waals surface area contributed by atoms with Gasteiger partial charge >= 0.3 is 4.33 Å². The molecule has 0 bridgehead atoms. The van der Waals surface area contributed by atoms with Gasteiger partial charge in [0.25, 0.3) is 0 Å². The molecule has 1 aliphatic rings. The van der Waals surface area contributed by atoms with E-state index in [2.05, 4.69) is 43.8 Å². The molecule has 0 spiro atoms. The number of hydrogen-bond donors (Lipinski definition) is 1. The van der Waals surface area contributed by atoms with Crippen LogP contribution in [0.25, 0.3) is 22.2 Å². The molecule has 0 amide bonds. The lowest BCUT2D eigenvalue weighted by molar-refractivity contribution is 0.115. The molecule has 0 radical (unpaired) electrons. The summed E-state index contributed by atoms with van der Waals surface area (Å²) in [4.78, 5) is 6.29. The Morgan fingerprint density at radius 1 is 0.881 bits per heavy atom. The molecule has 16 heteroatoms. The van der Waals surface area contributed by atoms with E-state index >= 15 is 8.78 Å². The summed E-state index contributed by atoms with van der Waals surface area (Å²) in [6.07, 6.45) is 8.33. The molecule has 59 heavy (non-hydrogen) atoms. The third-order valence-corrected chi connectivity index (χ3v) is 22.3. The van der Waals surface area contributed by atoms with Gasteiger partial charge < -0.3 is 9.41 Å². The zero-order valence-electron chi connectivity index (χ0n) is 33.5. The minimum absolute atomic E-state index is 0.111. The number of rotatable bonds is 11. The molecule has 0 saturated heterocycles. The van der Waals surface area contributed by atoms with Gasteiger partial charge in [-0.2, -0.15) is 5.10 Å². The highest BCUT2D eigenvalue weighted by Gasteiger charge is 2.64. The van der Waals surface area contributed by atoms with Crippen LogP contribution in [0.15, 0.2) is 107 Å². The minimum Gasteiger partial charge on any atom is -0.414 e. The van der Waals surface area contributed by atoms with Crippen LogP contribution in [0.4, 0.5) is 8.78 Å². The molecule has 3 aromatic carbocycles.